The van der Waals surface area contributed by atoms with E-state index in [9.17, 15) is 0 Å². The Hall–Kier alpha value is -1.51. The van der Waals surface area contributed by atoms with E-state index in [1.807, 2.05) is 24.3 Å². The summed E-state index contributed by atoms with van der Waals surface area (Å²) >= 11 is 5.94. The molecule has 0 aromatic heterocycles. The Labute approximate surface area is 144 Å². The van der Waals surface area contributed by atoms with Crippen molar-refractivity contribution in [3.8, 4) is 5.75 Å². The highest BCUT2D eigenvalue weighted by atomic mass is 35.5. The van der Waals surface area contributed by atoms with Crippen LogP contribution >= 0.6 is 11.6 Å². The maximum Gasteiger partial charge on any atom is 0.119 e. The van der Waals surface area contributed by atoms with Crippen molar-refractivity contribution in [2.45, 2.75) is 31.9 Å². The first-order chi connectivity index (χ1) is 11.2. The number of nitrogens with zero attached hydrogens (tertiary/aromatic N) is 1. The molecule has 1 fully saturated rings. The fourth-order valence-electron chi connectivity index (χ4n) is 2.87. The fourth-order valence-corrected chi connectivity index (χ4v) is 2.99. The van der Waals surface area contributed by atoms with Crippen molar-refractivity contribution >= 4 is 11.6 Å². The summed E-state index contributed by atoms with van der Waals surface area (Å²) in [6, 6.07) is 18.3. The van der Waals surface area contributed by atoms with E-state index in [0.29, 0.717) is 6.10 Å². The molecule has 1 saturated carbocycles. The molecule has 1 aliphatic rings. The van der Waals surface area contributed by atoms with Gasteiger partial charge in [-0.2, -0.15) is 0 Å². The lowest BCUT2D eigenvalue weighted by Gasteiger charge is -2.23. The molecule has 23 heavy (non-hydrogen) atoms. The quantitative estimate of drug-likeness (QED) is 0.674. The van der Waals surface area contributed by atoms with Gasteiger partial charge in [0.15, 0.2) is 0 Å². The SMILES string of the molecule is CN(CCC(Oc1ccc(Cl)cc1)C1CC1)Cc1ccccc1. The van der Waals surface area contributed by atoms with Crippen LogP contribution in [0.3, 0.4) is 0 Å². The van der Waals surface area contributed by atoms with Crippen LogP contribution in [0.15, 0.2) is 54.6 Å². The second-order valence-corrected chi connectivity index (χ2v) is 6.90. The molecular weight excluding hydrogens is 306 g/mol. The Morgan fingerprint density at radius 1 is 1.09 bits per heavy atom. The maximum atomic E-state index is 6.21. The van der Waals surface area contributed by atoms with Crippen molar-refractivity contribution in [2.75, 3.05) is 13.6 Å². The Morgan fingerprint density at radius 3 is 2.43 bits per heavy atom. The van der Waals surface area contributed by atoms with Crippen molar-refractivity contribution in [1.29, 1.82) is 0 Å². The third-order valence-corrected chi connectivity index (χ3v) is 4.59. The van der Waals surface area contributed by atoms with E-state index >= 15 is 0 Å². The van der Waals surface area contributed by atoms with Crippen LogP contribution in [0.25, 0.3) is 0 Å². The molecule has 2 nitrogen and oxygen atoms in total. The standard InChI is InChI=1S/C20H24ClNO/c1-22(15-16-5-3-2-4-6-16)14-13-20(17-7-8-17)23-19-11-9-18(21)10-12-19/h2-6,9-12,17,20H,7-8,13-15H2,1H3. The minimum atomic E-state index is 0.314. The van der Waals surface area contributed by atoms with Crippen LogP contribution in [-0.2, 0) is 6.54 Å². The summed E-state index contributed by atoms with van der Waals surface area (Å²) in [5, 5.41) is 0.753. The molecule has 122 valence electrons. The maximum absolute atomic E-state index is 6.21. The molecule has 0 aliphatic heterocycles. The highest BCUT2D eigenvalue weighted by Crippen LogP contribution is 2.36. The Kier molecular flexibility index (Phi) is 5.58. The molecule has 0 saturated heterocycles. The molecule has 1 unspecified atom stereocenters. The second-order valence-electron chi connectivity index (χ2n) is 6.46. The van der Waals surface area contributed by atoms with Crippen molar-refractivity contribution in [2.24, 2.45) is 5.92 Å². The van der Waals surface area contributed by atoms with Gasteiger partial charge in [-0.3, -0.25) is 0 Å². The Balaban J connectivity index is 1.50. The van der Waals surface area contributed by atoms with Crippen molar-refractivity contribution < 1.29 is 4.74 Å². The summed E-state index contributed by atoms with van der Waals surface area (Å²) in [6.45, 7) is 2.03. The molecule has 3 rings (SSSR count). The minimum absolute atomic E-state index is 0.314. The average molecular weight is 330 g/mol. The number of hydrogen-bond donors (Lipinski definition) is 0. The van der Waals surface area contributed by atoms with Crippen molar-refractivity contribution in [3.63, 3.8) is 0 Å². The smallest absolute Gasteiger partial charge is 0.119 e. The third-order valence-electron chi connectivity index (χ3n) is 4.34. The number of rotatable bonds is 8. The van der Waals surface area contributed by atoms with E-state index in [-0.39, 0.29) is 0 Å². The molecule has 0 heterocycles. The third kappa shape index (κ3) is 5.26. The predicted molar refractivity (Wildman–Crippen MR) is 96.0 cm³/mol. The largest absolute Gasteiger partial charge is 0.490 e. The summed E-state index contributed by atoms with van der Waals surface area (Å²) in [6.07, 6.45) is 3.96. The van der Waals surface area contributed by atoms with Crippen LogP contribution in [0, 0.1) is 5.92 Å². The second kappa shape index (κ2) is 7.85. The number of halogens is 1. The van der Waals surface area contributed by atoms with Gasteiger partial charge in [0.25, 0.3) is 0 Å². The molecule has 1 atom stereocenters. The average Bonchev–Trinajstić information content (AvgIpc) is 3.39. The van der Waals surface area contributed by atoms with Crippen LogP contribution in [0.5, 0.6) is 5.75 Å². The van der Waals surface area contributed by atoms with Gasteiger partial charge in [-0.05, 0) is 62.1 Å². The van der Waals surface area contributed by atoms with Crippen LogP contribution in [0.4, 0.5) is 0 Å². The van der Waals surface area contributed by atoms with E-state index in [1.54, 1.807) is 0 Å². The lowest BCUT2D eigenvalue weighted by Crippen LogP contribution is -2.27. The van der Waals surface area contributed by atoms with Crippen LogP contribution in [0.1, 0.15) is 24.8 Å². The van der Waals surface area contributed by atoms with Crippen molar-refractivity contribution in [1.82, 2.24) is 4.90 Å². The zero-order valence-corrected chi connectivity index (χ0v) is 14.4. The molecule has 1 aliphatic carbocycles. The van der Waals surface area contributed by atoms with E-state index < -0.39 is 0 Å². The molecule has 0 radical (unpaired) electrons. The zero-order valence-electron chi connectivity index (χ0n) is 13.6. The molecule has 0 amide bonds. The molecular formula is C20H24ClNO. The van der Waals surface area contributed by atoms with Crippen molar-refractivity contribution in [3.05, 3.63) is 65.2 Å². The topological polar surface area (TPSA) is 12.5 Å². The van der Waals surface area contributed by atoms with E-state index in [1.165, 1.54) is 18.4 Å². The summed E-state index contributed by atoms with van der Waals surface area (Å²) in [5.41, 5.74) is 1.36. The van der Waals surface area contributed by atoms with Gasteiger partial charge < -0.3 is 9.64 Å². The summed E-state index contributed by atoms with van der Waals surface area (Å²) in [7, 11) is 2.18. The van der Waals surface area contributed by atoms with Gasteiger partial charge in [-0.15, -0.1) is 0 Å². The first kappa shape index (κ1) is 16.4. The molecule has 0 N–H and O–H groups in total. The number of hydrogen-bond acceptors (Lipinski definition) is 2. The van der Waals surface area contributed by atoms with Gasteiger partial charge in [-0.25, -0.2) is 0 Å². The van der Waals surface area contributed by atoms with E-state index in [0.717, 1.165) is 36.2 Å². The fraction of sp³-hybridized carbons (Fsp3) is 0.400. The summed E-state index contributed by atoms with van der Waals surface area (Å²) < 4.78 is 6.21. The van der Waals surface area contributed by atoms with Gasteiger partial charge in [0, 0.05) is 18.1 Å². The lowest BCUT2D eigenvalue weighted by molar-refractivity contribution is 0.149. The number of ether oxygens (including phenoxy) is 1. The minimum Gasteiger partial charge on any atom is -0.490 e. The zero-order chi connectivity index (χ0) is 16.1. The normalized spacial score (nSPS) is 15.6. The first-order valence-electron chi connectivity index (χ1n) is 8.35. The molecule has 2 aromatic carbocycles. The van der Waals surface area contributed by atoms with Gasteiger partial charge in [0.1, 0.15) is 11.9 Å². The predicted octanol–water partition coefficient (Wildman–Crippen LogP) is 5.02. The Bertz CT molecular complexity index is 595. The molecule has 2 aromatic rings. The monoisotopic (exact) mass is 329 g/mol. The highest BCUT2D eigenvalue weighted by Gasteiger charge is 2.32. The number of benzene rings is 2. The van der Waals surface area contributed by atoms with Gasteiger partial charge in [0.2, 0.25) is 0 Å². The van der Waals surface area contributed by atoms with Gasteiger partial charge in [-0.1, -0.05) is 41.9 Å². The first-order valence-corrected chi connectivity index (χ1v) is 8.73. The molecule has 0 spiro atoms. The van der Waals surface area contributed by atoms with Crippen LogP contribution in [0.2, 0.25) is 5.02 Å². The molecule has 3 heteroatoms. The highest BCUT2D eigenvalue weighted by molar-refractivity contribution is 6.30. The van der Waals surface area contributed by atoms with Gasteiger partial charge in [0.05, 0.1) is 0 Å². The lowest BCUT2D eigenvalue weighted by atomic mass is 10.1. The van der Waals surface area contributed by atoms with E-state index in [2.05, 4.69) is 42.3 Å². The Morgan fingerprint density at radius 2 is 1.78 bits per heavy atom. The van der Waals surface area contributed by atoms with E-state index in [4.69, 9.17) is 16.3 Å². The van der Waals surface area contributed by atoms with Crippen LogP contribution < -0.4 is 4.74 Å². The van der Waals surface area contributed by atoms with Crippen LogP contribution in [-0.4, -0.2) is 24.6 Å². The summed E-state index contributed by atoms with van der Waals surface area (Å²) in [5.74, 6) is 1.65. The molecule has 0 bridgehead atoms. The summed E-state index contributed by atoms with van der Waals surface area (Å²) in [4.78, 5) is 2.37. The van der Waals surface area contributed by atoms with Gasteiger partial charge >= 0.3 is 0 Å².